The van der Waals surface area contributed by atoms with Crippen LogP contribution >= 0.6 is 0 Å². The second-order valence-electron chi connectivity index (χ2n) is 17.5. The zero-order valence-corrected chi connectivity index (χ0v) is 35.7. The molecule has 0 amide bonds. The van der Waals surface area contributed by atoms with Crippen molar-refractivity contribution >= 4 is 5.97 Å². The van der Waals surface area contributed by atoms with E-state index in [-0.39, 0.29) is 16.8 Å². The average molecular weight is 663 g/mol. The van der Waals surface area contributed by atoms with Crippen molar-refractivity contribution < 1.29 is 9.53 Å². The van der Waals surface area contributed by atoms with Gasteiger partial charge in [0.2, 0.25) is 0 Å². The molecule has 0 heterocycles. The van der Waals surface area contributed by atoms with E-state index in [1.54, 1.807) is 7.11 Å². The first-order chi connectivity index (χ1) is 22.1. The summed E-state index contributed by atoms with van der Waals surface area (Å²) in [5.74, 6) is 0.00383. The minimum Gasteiger partial charge on any atom is -0.469 e. The Morgan fingerprint density at radius 1 is 0.383 bits per heavy atom. The lowest BCUT2D eigenvalue weighted by Gasteiger charge is -2.57. The van der Waals surface area contributed by atoms with Gasteiger partial charge in [0, 0.05) is 0 Å². The molecule has 0 spiro atoms. The summed E-state index contributed by atoms with van der Waals surface area (Å²) in [6.07, 6.45) is 25.6. The van der Waals surface area contributed by atoms with Crippen molar-refractivity contribution in [3.8, 4) is 0 Å². The van der Waals surface area contributed by atoms with E-state index in [1.807, 2.05) is 0 Å². The highest BCUT2D eigenvalue weighted by atomic mass is 16.5. The number of methoxy groups -OCH3 is 1. The fourth-order valence-corrected chi connectivity index (χ4v) is 11.2. The summed E-state index contributed by atoms with van der Waals surface area (Å²) in [6.45, 7) is 36.5. The van der Waals surface area contributed by atoms with Gasteiger partial charge in [-0.25, -0.2) is 0 Å². The molecule has 0 N–H and O–H groups in total. The molecule has 282 valence electrons. The van der Waals surface area contributed by atoms with Crippen LogP contribution in [0.5, 0.6) is 0 Å². The molecular weight excluding hydrogens is 572 g/mol. The molecule has 0 aromatic carbocycles. The number of ether oxygens (including phenoxy) is 1. The van der Waals surface area contributed by atoms with Crippen LogP contribution in [-0.4, -0.2) is 13.1 Å². The van der Waals surface area contributed by atoms with E-state index in [1.165, 1.54) is 122 Å². The summed E-state index contributed by atoms with van der Waals surface area (Å²) in [7, 11) is 1.62. The smallest absolute Gasteiger partial charge is 0.311 e. The minimum absolute atomic E-state index is 0.00383. The molecule has 0 saturated heterocycles. The lowest BCUT2D eigenvalue weighted by molar-refractivity contribution is -0.157. The Morgan fingerprint density at radius 2 is 0.660 bits per heavy atom. The van der Waals surface area contributed by atoms with E-state index in [0.29, 0.717) is 21.7 Å². The second-order valence-corrected chi connectivity index (χ2v) is 17.5. The predicted molar refractivity (Wildman–Crippen MR) is 211 cm³/mol. The monoisotopic (exact) mass is 663 g/mol. The van der Waals surface area contributed by atoms with Crippen LogP contribution in [0.25, 0.3) is 0 Å². The van der Waals surface area contributed by atoms with Crippen molar-refractivity contribution in [1.82, 2.24) is 0 Å². The molecule has 0 rings (SSSR count). The average Bonchev–Trinajstić information content (AvgIpc) is 3.11. The molecule has 0 aromatic rings. The quantitative estimate of drug-likeness (QED) is 0.0779. The van der Waals surface area contributed by atoms with Crippen molar-refractivity contribution in [2.24, 2.45) is 37.9 Å². The summed E-state index contributed by atoms with van der Waals surface area (Å²) in [6, 6.07) is 0. The van der Waals surface area contributed by atoms with Crippen molar-refractivity contribution in [3.63, 3.8) is 0 Å². The minimum atomic E-state index is -0.483. The van der Waals surface area contributed by atoms with E-state index < -0.39 is 5.41 Å². The number of hydrogen-bond acceptors (Lipinski definition) is 2. The van der Waals surface area contributed by atoms with Crippen LogP contribution in [0.3, 0.4) is 0 Å². The Hall–Kier alpha value is -0.530. The first-order valence-corrected chi connectivity index (χ1v) is 21.2. The molecule has 2 heteroatoms. The lowest BCUT2D eigenvalue weighted by atomic mass is 9.48. The Morgan fingerprint density at radius 3 is 0.915 bits per heavy atom. The molecule has 0 radical (unpaired) electrons. The highest BCUT2D eigenvalue weighted by Crippen LogP contribution is 2.64. The van der Waals surface area contributed by atoms with Crippen LogP contribution in [0.1, 0.15) is 239 Å². The molecule has 47 heavy (non-hydrogen) atoms. The van der Waals surface area contributed by atoms with Crippen LogP contribution in [0.15, 0.2) is 0 Å². The van der Waals surface area contributed by atoms with Gasteiger partial charge in [-0.1, -0.05) is 180 Å². The largest absolute Gasteiger partial charge is 0.469 e. The van der Waals surface area contributed by atoms with Gasteiger partial charge in [-0.15, -0.1) is 0 Å². The zero-order valence-electron chi connectivity index (χ0n) is 35.7. The third kappa shape index (κ3) is 11.5. The zero-order chi connectivity index (χ0) is 36.6. The van der Waals surface area contributed by atoms with Gasteiger partial charge in [0.15, 0.2) is 0 Å². The van der Waals surface area contributed by atoms with Crippen molar-refractivity contribution in [1.29, 1.82) is 0 Å². The normalized spacial score (nSPS) is 16.2. The van der Waals surface area contributed by atoms with E-state index in [2.05, 4.69) is 104 Å². The number of hydrogen-bond donors (Lipinski definition) is 0. The third-order valence-corrected chi connectivity index (χ3v) is 15.8. The van der Waals surface area contributed by atoms with Crippen LogP contribution < -0.4 is 0 Å². The van der Waals surface area contributed by atoms with E-state index >= 15 is 0 Å². The fraction of sp³-hybridized carbons (Fsp3) is 0.978. The van der Waals surface area contributed by atoms with Gasteiger partial charge in [0.05, 0.1) is 12.5 Å². The number of esters is 1. The van der Waals surface area contributed by atoms with E-state index in [0.717, 1.165) is 12.8 Å². The first kappa shape index (κ1) is 46.5. The topological polar surface area (TPSA) is 26.3 Å². The number of carbonyl (C=O) groups is 1. The van der Waals surface area contributed by atoms with Crippen molar-refractivity contribution in [3.05, 3.63) is 0 Å². The standard InChI is InChI=1S/C45H90O2/c1-17-31-43(28-12,29-13)36-44(30-14,33-40(19-3,20-4)21-5)37-45(34-41(22-6,23-7)24-8,35-42(25-9,26-10)27-11)32-39(15,18-2)38(46)47-16/h17-37H2,1-16H3. The van der Waals surface area contributed by atoms with Gasteiger partial charge in [0.25, 0.3) is 0 Å². The molecule has 2 unspecified atom stereocenters. The van der Waals surface area contributed by atoms with Crippen LogP contribution in [0.2, 0.25) is 0 Å². The summed E-state index contributed by atoms with van der Waals surface area (Å²) >= 11 is 0. The molecule has 0 aliphatic rings. The van der Waals surface area contributed by atoms with Gasteiger partial charge in [-0.3, -0.25) is 4.79 Å². The van der Waals surface area contributed by atoms with E-state index in [9.17, 15) is 4.79 Å². The highest BCUT2D eigenvalue weighted by Gasteiger charge is 2.54. The van der Waals surface area contributed by atoms with E-state index in [4.69, 9.17) is 4.74 Å². The molecule has 0 aliphatic heterocycles. The summed E-state index contributed by atoms with van der Waals surface area (Å²) in [5.41, 5.74) is 1.13. The maximum absolute atomic E-state index is 13.9. The lowest BCUT2D eigenvalue weighted by Crippen LogP contribution is -2.47. The number of carbonyl (C=O) groups excluding carboxylic acids is 1. The summed E-state index contributed by atoms with van der Waals surface area (Å²) in [5, 5.41) is 0. The molecule has 0 fully saturated rings. The fourth-order valence-electron chi connectivity index (χ4n) is 11.2. The van der Waals surface area contributed by atoms with Crippen LogP contribution in [0, 0.1) is 37.9 Å². The third-order valence-electron chi connectivity index (χ3n) is 15.8. The molecule has 2 nitrogen and oxygen atoms in total. The molecule has 0 aliphatic carbocycles. The van der Waals surface area contributed by atoms with Crippen LogP contribution in [0.4, 0.5) is 0 Å². The molecular formula is C45H90O2. The summed E-state index contributed by atoms with van der Waals surface area (Å²) in [4.78, 5) is 13.9. The molecule has 0 saturated carbocycles. The Kier molecular flexibility index (Phi) is 20.1. The highest BCUT2D eigenvalue weighted by molar-refractivity contribution is 5.76. The summed E-state index contributed by atoms with van der Waals surface area (Å²) < 4.78 is 5.67. The maximum Gasteiger partial charge on any atom is 0.311 e. The second kappa shape index (κ2) is 20.4. The van der Waals surface area contributed by atoms with Gasteiger partial charge < -0.3 is 4.74 Å². The first-order valence-electron chi connectivity index (χ1n) is 21.2. The molecule has 0 bridgehead atoms. The molecule has 2 atom stereocenters. The van der Waals surface area contributed by atoms with Crippen LogP contribution in [-0.2, 0) is 9.53 Å². The van der Waals surface area contributed by atoms with Crippen molar-refractivity contribution in [2.45, 2.75) is 239 Å². The Bertz CT molecular complexity index is 793. The van der Waals surface area contributed by atoms with Crippen molar-refractivity contribution in [2.75, 3.05) is 7.11 Å². The van der Waals surface area contributed by atoms with Gasteiger partial charge in [0.1, 0.15) is 0 Å². The Balaban J connectivity index is 8.33. The van der Waals surface area contributed by atoms with Gasteiger partial charge in [-0.2, -0.15) is 0 Å². The van der Waals surface area contributed by atoms with Gasteiger partial charge in [-0.05, 0) is 90.8 Å². The predicted octanol–water partition coefficient (Wildman–Crippen LogP) is 15.6. The maximum atomic E-state index is 13.9. The SMILES string of the molecule is CCCC(CC)(CC)CC(CC)(CC(CC)(CC)CC)CC(CC(CC)(CC)CC)(CC(CC)(CC)CC)CC(C)(CC)C(=O)OC. The number of rotatable bonds is 28. The Labute approximate surface area is 298 Å². The van der Waals surface area contributed by atoms with Gasteiger partial charge >= 0.3 is 5.97 Å². The molecule has 0 aromatic heterocycles.